The van der Waals surface area contributed by atoms with Crippen LogP contribution >= 0.6 is 0 Å². The molecule has 6 heteroatoms. The first-order chi connectivity index (χ1) is 33.0. The second-order valence-corrected chi connectivity index (χ2v) is 18.5. The van der Waals surface area contributed by atoms with Gasteiger partial charge in [0.25, 0.3) is 0 Å². The number of esters is 3. The minimum Gasteiger partial charge on any atom is -0.462 e. The van der Waals surface area contributed by atoms with Gasteiger partial charge in [-0.15, -0.1) is 0 Å². The number of carbonyl (C=O) groups excluding carboxylic acids is 3. The molecule has 0 aromatic rings. The predicted octanol–water partition coefficient (Wildman–Crippen LogP) is 18.8. The molecule has 0 unspecified atom stereocenters. The first-order valence-electron chi connectivity index (χ1n) is 28.1. The summed E-state index contributed by atoms with van der Waals surface area (Å²) >= 11 is 0. The van der Waals surface area contributed by atoms with Crippen LogP contribution in [-0.4, -0.2) is 37.2 Å². The van der Waals surface area contributed by atoms with Gasteiger partial charge in [0.15, 0.2) is 6.10 Å². The van der Waals surface area contributed by atoms with Crippen molar-refractivity contribution in [3.8, 4) is 0 Å². The summed E-state index contributed by atoms with van der Waals surface area (Å²) in [6, 6.07) is 0. The Labute approximate surface area is 414 Å². The summed E-state index contributed by atoms with van der Waals surface area (Å²) in [5.74, 6) is -0.940. The summed E-state index contributed by atoms with van der Waals surface area (Å²) in [5, 5.41) is 0. The van der Waals surface area contributed by atoms with Crippen molar-refractivity contribution >= 4 is 17.9 Å². The van der Waals surface area contributed by atoms with Gasteiger partial charge in [0.05, 0.1) is 0 Å². The molecule has 67 heavy (non-hydrogen) atoms. The van der Waals surface area contributed by atoms with Crippen LogP contribution < -0.4 is 0 Å². The molecule has 0 aromatic carbocycles. The van der Waals surface area contributed by atoms with Crippen molar-refractivity contribution in [1.82, 2.24) is 0 Å². The lowest BCUT2D eigenvalue weighted by molar-refractivity contribution is -0.167. The lowest BCUT2D eigenvalue weighted by atomic mass is 10.1. The van der Waals surface area contributed by atoms with Gasteiger partial charge >= 0.3 is 17.9 Å². The van der Waals surface area contributed by atoms with Gasteiger partial charge in [-0.25, -0.2) is 0 Å². The van der Waals surface area contributed by atoms with Crippen LogP contribution in [0.2, 0.25) is 0 Å². The Morgan fingerprint density at radius 2 is 0.582 bits per heavy atom. The second-order valence-electron chi connectivity index (χ2n) is 18.5. The molecule has 0 saturated heterocycles. The van der Waals surface area contributed by atoms with Gasteiger partial charge in [-0.1, -0.05) is 215 Å². The van der Waals surface area contributed by atoms with Gasteiger partial charge in [-0.05, 0) is 116 Å². The molecule has 0 N–H and O–H groups in total. The Morgan fingerprint density at radius 3 is 0.940 bits per heavy atom. The van der Waals surface area contributed by atoms with E-state index >= 15 is 0 Å². The second kappa shape index (κ2) is 55.2. The molecule has 0 fully saturated rings. The average molecular weight is 933 g/mol. The Hall–Kier alpha value is -3.41. The fourth-order valence-corrected chi connectivity index (χ4v) is 7.63. The zero-order chi connectivity index (χ0) is 48.6. The molecule has 1 atom stereocenters. The van der Waals surface area contributed by atoms with Crippen LogP contribution in [-0.2, 0) is 28.6 Å². The van der Waals surface area contributed by atoms with Crippen LogP contribution in [0.5, 0.6) is 0 Å². The van der Waals surface area contributed by atoms with Gasteiger partial charge < -0.3 is 14.2 Å². The number of rotatable bonds is 50. The molecular weight excluding hydrogens is 829 g/mol. The van der Waals surface area contributed by atoms with Crippen molar-refractivity contribution in [2.24, 2.45) is 0 Å². The van der Waals surface area contributed by atoms with E-state index in [1.165, 1.54) is 109 Å². The minimum absolute atomic E-state index is 0.0947. The molecule has 0 aliphatic rings. The van der Waals surface area contributed by atoms with Crippen LogP contribution in [0.15, 0.2) is 85.1 Å². The van der Waals surface area contributed by atoms with Gasteiger partial charge in [0.2, 0.25) is 0 Å². The molecular formula is C61H104O6. The van der Waals surface area contributed by atoms with E-state index in [1.54, 1.807) is 0 Å². The molecule has 0 aliphatic carbocycles. The quantitative estimate of drug-likeness (QED) is 0.0262. The fourth-order valence-electron chi connectivity index (χ4n) is 7.63. The Bertz CT molecular complexity index is 1300. The Kier molecular flexibility index (Phi) is 52.4. The third kappa shape index (κ3) is 53.4. The molecule has 6 nitrogen and oxygen atoms in total. The van der Waals surface area contributed by atoms with Gasteiger partial charge in [0, 0.05) is 19.3 Å². The lowest BCUT2D eigenvalue weighted by Gasteiger charge is -2.18. The van der Waals surface area contributed by atoms with Crippen LogP contribution in [0.4, 0.5) is 0 Å². The smallest absolute Gasteiger partial charge is 0.306 e. The number of ether oxygens (including phenoxy) is 3. The van der Waals surface area contributed by atoms with E-state index in [9.17, 15) is 14.4 Å². The van der Waals surface area contributed by atoms with Gasteiger partial charge in [0.1, 0.15) is 13.2 Å². The molecule has 0 heterocycles. The largest absolute Gasteiger partial charge is 0.462 e. The number of allylic oxidation sites excluding steroid dienone is 14. The number of hydrogen-bond donors (Lipinski definition) is 0. The third-order valence-corrected chi connectivity index (χ3v) is 11.9. The summed E-state index contributed by atoms with van der Waals surface area (Å²) < 4.78 is 16.8. The van der Waals surface area contributed by atoms with E-state index in [4.69, 9.17) is 14.2 Å². The van der Waals surface area contributed by atoms with E-state index in [1.807, 2.05) is 0 Å². The normalized spacial score (nSPS) is 12.7. The highest BCUT2D eigenvalue weighted by atomic mass is 16.6. The first-order valence-corrected chi connectivity index (χ1v) is 28.1. The Morgan fingerprint density at radius 1 is 0.313 bits per heavy atom. The third-order valence-electron chi connectivity index (χ3n) is 11.9. The molecule has 0 spiro atoms. The maximum Gasteiger partial charge on any atom is 0.306 e. The van der Waals surface area contributed by atoms with E-state index in [-0.39, 0.29) is 31.1 Å². The summed E-state index contributed by atoms with van der Waals surface area (Å²) in [4.78, 5) is 38.1. The number of hydrogen-bond acceptors (Lipinski definition) is 6. The monoisotopic (exact) mass is 933 g/mol. The predicted molar refractivity (Wildman–Crippen MR) is 288 cm³/mol. The highest BCUT2D eigenvalue weighted by Crippen LogP contribution is 2.14. The number of unbranched alkanes of at least 4 members (excludes halogenated alkanes) is 25. The first kappa shape index (κ1) is 63.6. The van der Waals surface area contributed by atoms with Crippen LogP contribution in [0.1, 0.15) is 265 Å². The van der Waals surface area contributed by atoms with E-state index in [2.05, 4.69) is 106 Å². The SMILES string of the molecule is CCC=CCC=CCC=CCC=CCC=CCCCCCC(=O)OC[C@@H](COC(=O)CCCCCCCC=CCCCCCCCC)OC(=O)CCCCCCCC=CCCCCCCCC. The van der Waals surface area contributed by atoms with Crippen LogP contribution in [0.3, 0.4) is 0 Å². The summed E-state index contributed by atoms with van der Waals surface area (Å²) in [6.45, 7) is 6.48. The zero-order valence-corrected chi connectivity index (χ0v) is 43.9. The molecule has 384 valence electrons. The Balaban J connectivity index is 4.47. The van der Waals surface area contributed by atoms with Crippen molar-refractivity contribution in [2.75, 3.05) is 13.2 Å². The van der Waals surface area contributed by atoms with Crippen LogP contribution in [0.25, 0.3) is 0 Å². The van der Waals surface area contributed by atoms with Crippen molar-refractivity contribution in [3.63, 3.8) is 0 Å². The average Bonchev–Trinajstić information content (AvgIpc) is 3.33. The minimum atomic E-state index is -0.798. The van der Waals surface area contributed by atoms with Crippen molar-refractivity contribution < 1.29 is 28.6 Å². The van der Waals surface area contributed by atoms with Gasteiger partial charge in [-0.3, -0.25) is 14.4 Å². The van der Waals surface area contributed by atoms with Gasteiger partial charge in [-0.2, -0.15) is 0 Å². The van der Waals surface area contributed by atoms with Crippen LogP contribution in [0, 0.1) is 0 Å². The summed E-state index contributed by atoms with van der Waals surface area (Å²) in [7, 11) is 0. The highest BCUT2D eigenvalue weighted by Gasteiger charge is 2.19. The van der Waals surface area contributed by atoms with Crippen molar-refractivity contribution in [3.05, 3.63) is 85.1 Å². The number of carbonyl (C=O) groups is 3. The van der Waals surface area contributed by atoms with Crippen molar-refractivity contribution in [2.45, 2.75) is 271 Å². The van der Waals surface area contributed by atoms with Crippen molar-refractivity contribution in [1.29, 1.82) is 0 Å². The van der Waals surface area contributed by atoms with E-state index in [0.29, 0.717) is 19.3 Å². The van der Waals surface area contributed by atoms with E-state index in [0.717, 1.165) is 116 Å². The molecule has 0 rings (SSSR count). The molecule has 0 bridgehead atoms. The maximum absolute atomic E-state index is 12.8. The summed E-state index contributed by atoms with van der Waals surface area (Å²) in [6.07, 6.45) is 71.4. The fraction of sp³-hybridized carbons (Fsp3) is 0.721. The maximum atomic E-state index is 12.8. The van der Waals surface area contributed by atoms with E-state index < -0.39 is 6.10 Å². The molecule has 0 amide bonds. The lowest BCUT2D eigenvalue weighted by Crippen LogP contribution is -2.30. The molecule has 0 aromatic heterocycles. The zero-order valence-electron chi connectivity index (χ0n) is 43.9. The standard InChI is InChI=1S/C61H104O6/c1-4-7-10-13-16-19-22-25-28-29-30-31-34-36-39-42-45-48-51-54-60(63)66-57-58(67-61(64)55-52-49-46-43-40-37-33-27-24-21-18-15-12-9-6-3)56-65-59(62)53-50-47-44-41-38-35-32-26-23-20-17-14-11-8-5-2/h7,10,16,19,25-28,30-33,36,39,58H,4-6,8-9,11-15,17-18,20-24,29,34-35,37-38,40-57H2,1-3H3/t58-/m1/s1. The summed E-state index contributed by atoms with van der Waals surface area (Å²) in [5.41, 5.74) is 0. The molecule has 0 radical (unpaired) electrons. The molecule has 0 saturated carbocycles. The highest BCUT2D eigenvalue weighted by molar-refractivity contribution is 5.71. The topological polar surface area (TPSA) is 78.9 Å². The molecule has 0 aliphatic heterocycles.